The summed E-state index contributed by atoms with van der Waals surface area (Å²) in [5, 5.41) is 0. The number of halogens is 1. The Morgan fingerprint density at radius 3 is 2.41 bits per heavy atom. The Balaban J connectivity index is 2.27. The minimum absolute atomic E-state index is 0.286. The van der Waals surface area contributed by atoms with Crippen molar-refractivity contribution in [2.45, 2.75) is 6.92 Å². The molecule has 2 N–H and O–H groups in total. The Kier molecular flexibility index (Phi) is 3.25. The molecule has 2 heterocycles. The number of fused-ring (bicyclic) bond motifs is 1. The van der Waals surface area contributed by atoms with Gasteiger partial charge in [-0.1, -0.05) is 6.07 Å². The normalized spacial score (nSPS) is 10.8. The monoisotopic (exact) mass is 296 g/mol. The fraction of sp³-hybridized carbons (Fsp3) is 0.0588. The van der Waals surface area contributed by atoms with E-state index in [9.17, 15) is 14.0 Å². The molecule has 22 heavy (non-hydrogen) atoms. The van der Waals surface area contributed by atoms with Gasteiger partial charge in [-0.3, -0.25) is 9.59 Å². The van der Waals surface area contributed by atoms with Crippen LogP contribution in [0.15, 0.2) is 48.7 Å². The molecule has 110 valence electrons. The number of rotatable bonds is 3. The molecule has 1 amide bonds. The zero-order valence-electron chi connectivity index (χ0n) is 11.8. The van der Waals surface area contributed by atoms with Gasteiger partial charge in [0.15, 0.2) is 0 Å². The molecule has 5 heteroatoms. The summed E-state index contributed by atoms with van der Waals surface area (Å²) in [5.41, 5.74) is 7.58. The van der Waals surface area contributed by atoms with E-state index < -0.39 is 11.7 Å². The zero-order chi connectivity index (χ0) is 15.9. The van der Waals surface area contributed by atoms with Gasteiger partial charge in [-0.2, -0.15) is 0 Å². The van der Waals surface area contributed by atoms with Crippen molar-refractivity contribution in [1.82, 2.24) is 4.40 Å². The standard InChI is InChI=1S/C17H13FN2O2/c1-10-14(17(19)22)13-4-2-3-9-20(13)15(10)16(21)11-5-7-12(18)8-6-11/h2-9H,1H3,(H2,19,22). The lowest BCUT2D eigenvalue weighted by Gasteiger charge is -2.04. The van der Waals surface area contributed by atoms with Crippen LogP contribution in [0.3, 0.4) is 0 Å². The molecule has 0 unspecified atom stereocenters. The van der Waals surface area contributed by atoms with E-state index in [-0.39, 0.29) is 5.78 Å². The summed E-state index contributed by atoms with van der Waals surface area (Å²) < 4.78 is 14.7. The third-order valence-corrected chi connectivity index (χ3v) is 3.66. The van der Waals surface area contributed by atoms with Crippen molar-refractivity contribution in [2.24, 2.45) is 5.73 Å². The van der Waals surface area contributed by atoms with Crippen molar-refractivity contribution < 1.29 is 14.0 Å². The number of amides is 1. The quantitative estimate of drug-likeness (QED) is 0.755. The summed E-state index contributed by atoms with van der Waals surface area (Å²) in [7, 11) is 0. The van der Waals surface area contributed by atoms with E-state index in [1.54, 1.807) is 35.7 Å². The molecule has 3 aromatic rings. The minimum atomic E-state index is -0.584. The van der Waals surface area contributed by atoms with Crippen LogP contribution in [-0.4, -0.2) is 16.1 Å². The first-order chi connectivity index (χ1) is 10.5. The molecule has 0 atom stereocenters. The van der Waals surface area contributed by atoms with Crippen LogP contribution in [0, 0.1) is 12.7 Å². The van der Waals surface area contributed by atoms with E-state index in [1.165, 1.54) is 24.3 Å². The largest absolute Gasteiger partial charge is 0.366 e. The lowest BCUT2D eigenvalue weighted by atomic mass is 10.0. The van der Waals surface area contributed by atoms with Crippen LogP contribution >= 0.6 is 0 Å². The van der Waals surface area contributed by atoms with Gasteiger partial charge in [-0.25, -0.2) is 4.39 Å². The maximum atomic E-state index is 13.0. The van der Waals surface area contributed by atoms with Gasteiger partial charge in [0.1, 0.15) is 5.82 Å². The minimum Gasteiger partial charge on any atom is -0.366 e. The summed E-state index contributed by atoms with van der Waals surface area (Å²) in [6, 6.07) is 10.6. The molecule has 0 aliphatic heterocycles. The second kappa shape index (κ2) is 5.11. The second-order valence-electron chi connectivity index (χ2n) is 5.00. The van der Waals surface area contributed by atoms with Crippen molar-refractivity contribution in [3.63, 3.8) is 0 Å². The average Bonchev–Trinajstić information content (AvgIpc) is 2.79. The predicted molar refractivity (Wildman–Crippen MR) is 80.5 cm³/mol. The maximum Gasteiger partial charge on any atom is 0.251 e. The molecule has 0 aliphatic carbocycles. The molecule has 0 aliphatic rings. The molecule has 0 spiro atoms. The first-order valence-electron chi connectivity index (χ1n) is 6.70. The third-order valence-electron chi connectivity index (χ3n) is 3.66. The molecule has 0 bridgehead atoms. The van der Waals surface area contributed by atoms with Crippen LogP contribution in [-0.2, 0) is 0 Å². The van der Waals surface area contributed by atoms with Gasteiger partial charge in [-0.05, 0) is 48.9 Å². The fourth-order valence-corrected chi connectivity index (χ4v) is 2.66. The van der Waals surface area contributed by atoms with Crippen LogP contribution in [0.1, 0.15) is 32.0 Å². The van der Waals surface area contributed by atoms with Crippen LogP contribution in [0.25, 0.3) is 5.52 Å². The Labute approximate surface area is 126 Å². The summed E-state index contributed by atoms with van der Waals surface area (Å²) in [5.74, 6) is -1.28. The Morgan fingerprint density at radius 2 is 1.77 bits per heavy atom. The highest BCUT2D eigenvalue weighted by Gasteiger charge is 2.23. The smallest absolute Gasteiger partial charge is 0.251 e. The van der Waals surface area contributed by atoms with Gasteiger partial charge in [0.25, 0.3) is 5.91 Å². The van der Waals surface area contributed by atoms with Gasteiger partial charge in [0, 0.05) is 11.8 Å². The van der Waals surface area contributed by atoms with Gasteiger partial charge in [0.2, 0.25) is 5.78 Å². The van der Waals surface area contributed by atoms with Crippen molar-refractivity contribution in [3.05, 3.63) is 76.9 Å². The van der Waals surface area contributed by atoms with Crippen LogP contribution < -0.4 is 5.73 Å². The number of benzene rings is 1. The highest BCUT2D eigenvalue weighted by molar-refractivity contribution is 6.13. The van der Waals surface area contributed by atoms with Crippen LogP contribution in [0.4, 0.5) is 4.39 Å². The van der Waals surface area contributed by atoms with Crippen LogP contribution in [0.2, 0.25) is 0 Å². The molecule has 0 radical (unpaired) electrons. The topological polar surface area (TPSA) is 64.6 Å². The average molecular weight is 296 g/mol. The van der Waals surface area contributed by atoms with Crippen LogP contribution in [0.5, 0.6) is 0 Å². The van der Waals surface area contributed by atoms with E-state index >= 15 is 0 Å². The van der Waals surface area contributed by atoms with Gasteiger partial charge in [0.05, 0.1) is 16.8 Å². The van der Waals surface area contributed by atoms with Gasteiger partial charge >= 0.3 is 0 Å². The SMILES string of the molecule is Cc1c(C(N)=O)c2ccccn2c1C(=O)c1ccc(F)cc1. The van der Waals surface area contributed by atoms with Crippen molar-refractivity contribution >= 4 is 17.2 Å². The van der Waals surface area contributed by atoms with Gasteiger partial charge < -0.3 is 10.1 Å². The molecular formula is C17H13FN2O2. The van der Waals surface area contributed by atoms with Crippen molar-refractivity contribution in [2.75, 3.05) is 0 Å². The molecular weight excluding hydrogens is 283 g/mol. The number of aromatic nitrogens is 1. The maximum absolute atomic E-state index is 13.0. The van der Waals surface area contributed by atoms with E-state index in [0.29, 0.717) is 27.9 Å². The molecule has 0 saturated heterocycles. The molecule has 0 fully saturated rings. The molecule has 3 rings (SSSR count). The van der Waals surface area contributed by atoms with E-state index in [1.807, 2.05) is 0 Å². The first kappa shape index (κ1) is 14.0. The number of ketones is 1. The molecule has 1 aromatic carbocycles. The first-order valence-corrected chi connectivity index (χ1v) is 6.70. The zero-order valence-corrected chi connectivity index (χ0v) is 11.8. The lowest BCUT2D eigenvalue weighted by molar-refractivity contribution is 0.100. The number of carbonyl (C=O) groups is 2. The van der Waals surface area contributed by atoms with E-state index in [2.05, 4.69) is 0 Å². The number of hydrogen-bond acceptors (Lipinski definition) is 2. The van der Waals surface area contributed by atoms with E-state index in [0.717, 1.165) is 0 Å². The van der Waals surface area contributed by atoms with Gasteiger partial charge in [-0.15, -0.1) is 0 Å². The van der Waals surface area contributed by atoms with E-state index in [4.69, 9.17) is 5.73 Å². The Morgan fingerprint density at radius 1 is 1.09 bits per heavy atom. The van der Waals surface area contributed by atoms with Crippen molar-refractivity contribution in [1.29, 1.82) is 0 Å². The molecule has 4 nitrogen and oxygen atoms in total. The third kappa shape index (κ3) is 2.07. The summed E-state index contributed by atoms with van der Waals surface area (Å²) in [6.45, 7) is 1.68. The number of primary amides is 1. The number of pyridine rings is 1. The fourth-order valence-electron chi connectivity index (χ4n) is 2.66. The highest BCUT2D eigenvalue weighted by Crippen LogP contribution is 2.25. The number of hydrogen-bond donors (Lipinski definition) is 1. The molecule has 0 saturated carbocycles. The van der Waals surface area contributed by atoms with Crippen molar-refractivity contribution in [3.8, 4) is 0 Å². The molecule has 2 aromatic heterocycles. The lowest BCUT2D eigenvalue weighted by Crippen LogP contribution is -2.12. The highest BCUT2D eigenvalue weighted by atomic mass is 19.1. The number of nitrogens with zero attached hydrogens (tertiary/aromatic N) is 1. The predicted octanol–water partition coefficient (Wildman–Crippen LogP) is 2.72. The second-order valence-corrected chi connectivity index (χ2v) is 5.00. The Bertz CT molecular complexity index is 895. The summed E-state index contributed by atoms with van der Waals surface area (Å²) in [6.07, 6.45) is 1.70. The summed E-state index contributed by atoms with van der Waals surface area (Å²) in [4.78, 5) is 24.4. The number of nitrogens with two attached hydrogens (primary N) is 1. The number of carbonyl (C=O) groups excluding carboxylic acids is 2. The summed E-state index contributed by atoms with van der Waals surface area (Å²) >= 11 is 0. The Hall–Kier alpha value is -2.95.